The largest absolute Gasteiger partial charge is 0.451 e. The van der Waals surface area contributed by atoms with E-state index in [9.17, 15) is 4.79 Å². The fraction of sp³-hybridized carbons (Fsp3) is 0.800. The summed E-state index contributed by atoms with van der Waals surface area (Å²) in [6.07, 6.45) is 2.49. The lowest BCUT2D eigenvalue weighted by atomic mass is 10.2. The van der Waals surface area contributed by atoms with Gasteiger partial charge in [-0.15, -0.1) is 0 Å². The van der Waals surface area contributed by atoms with Crippen molar-refractivity contribution in [3.05, 3.63) is 0 Å². The minimum Gasteiger partial charge on any atom is -0.451 e. The van der Waals surface area contributed by atoms with E-state index < -0.39 is 0 Å². The molecule has 0 aliphatic carbocycles. The van der Waals surface area contributed by atoms with Crippen LogP contribution < -0.4 is 0 Å². The number of alkyl halides is 1. The average Bonchev–Trinajstić information content (AvgIpc) is 1.64. The SMILES string of the molecule is O=C1CCCC(Br)O1. The maximum Gasteiger partial charge on any atom is 0.306 e. The van der Waals surface area contributed by atoms with Gasteiger partial charge in [-0.25, -0.2) is 0 Å². The first-order chi connectivity index (χ1) is 3.79. The molecule has 0 saturated carbocycles. The number of halogens is 1. The molecule has 1 unspecified atom stereocenters. The van der Waals surface area contributed by atoms with Gasteiger partial charge in [0.2, 0.25) is 0 Å². The fourth-order valence-electron chi connectivity index (χ4n) is 0.667. The van der Waals surface area contributed by atoms with Crippen LogP contribution in [-0.4, -0.2) is 11.0 Å². The van der Waals surface area contributed by atoms with Crippen LogP contribution in [0.15, 0.2) is 0 Å². The van der Waals surface area contributed by atoms with E-state index in [1.54, 1.807) is 0 Å². The second kappa shape index (κ2) is 2.49. The highest BCUT2D eigenvalue weighted by Gasteiger charge is 2.16. The molecule has 0 radical (unpaired) electrons. The van der Waals surface area contributed by atoms with Gasteiger partial charge < -0.3 is 4.74 Å². The Bertz CT molecular complexity index is 103. The maximum atomic E-state index is 10.4. The molecule has 0 N–H and O–H groups in total. The summed E-state index contributed by atoms with van der Waals surface area (Å²) in [6, 6.07) is 0. The van der Waals surface area contributed by atoms with Crippen LogP contribution in [0, 0.1) is 0 Å². The number of cyclic esters (lactones) is 1. The standard InChI is InChI=1S/C5H7BrO2/c6-4-2-1-3-5(7)8-4/h4H,1-3H2. The van der Waals surface area contributed by atoms with Gasteiger partial charge in [0.1, 0.15) is 0 Å². The van der Waals surface area contributed by atoms with Crippen molar-refractivity contribution in [1.29, 1.82) is 0 Å². The van der Waals surface area contributed by atoms with Gasteiger partial charge >= 0.3 is 5.97 Å². The smallest absolute Gasteiger partial charge is 0.306 e. The average molecular weight is 179 g/mol. The van der Waals surface area contributed by atoms with Crippen molar-refractivity contribution in [2.24, 2.45) is 0 Å². The van der Waals surface area contributed by atoms with Gasteiger partial charge in [-0.1, -0.05) is 0 Å². The van der Waals surface area contributed by atoms with Crippen molar-refractivity contribution in [2.75, 3.05) is 0 Å². The monoisotopic (exact) mass is 178 g/mol. The van der Waals surface area contributed by atoms with E-state index in [-0.39, 0.29) is 11.0 Å². The van der Waals surface area contributed by atoms with Gasteiger partial charge in [-0.3, -0.25) is 4.79 Å². The van der Waals surface area contributed by atoms with Crippen LogP contribution in [0.5, 0.6) is 0 Å². The van der Waals surface area contributed by atoms with E-state index in [1.807, 2.05) is 0 Å². The third-order valence-corrected chi connectivity index (χ3v) is 1.72. The summed E-state index contributed by atoms with van der Waals surface area (Å²) in [6.45, 7) is 0. The summed E-state index contributed by atoms with van der Waals surface area (Å²) in [5.74, 6) is -0.0851. The summed E-state index contributed by atoms with van der Waals surface area (Å²) >= 11 is 3.19. The Kier molecular flexibility index (Phi) is 1.89. The predicted molar refractivity (Wildman–Crippen MR) is 32.7 cm³/mol. The number of carbonyl (C=O) groups is 1. The zero-order valence-corrected chi connectivity index (χ0v) is 5.98. The first-order valence-corrected chi connectivity index (χ1v) is 3.54. The van der Waals surface area contributed by atoms with Crippen molar-refractivity contribution in [3.63, 3.8) is 0 Å². The Balaban J connectivity index is 2.34. The highest BCUT2D eigenvalue weighted by Crippen LogP contribution is 2.17. The Morgan fingerprint density at radius 3 is 2.88 bits per heavy atom. The maximum absolute atomic E-state index is 10.4. The van der Waals surface area contributed by atoms with Gasteiger partial charge in [0, 0.05) is 6.42 Å². The minimum atomic E-state index is -0.0851. The molecule has 0 amide bonds. The third-order valence-electron chi connectivity index (χ3n) is 1.07. The molecular formula is C5H7BrO2. The van der Waals surface area contributed by atoms with E-state index in [2.05, 4.69) is 15.9 Å². The Hall–Kier alpha value is -0.0500. The molecule has 1 fully saturated rings. The van der Waals surface area contributed by atoms with Crippen LogP contribution in [0.3, 0.4) is 0 Å². The normalized spacial score (nSPS) is 29.6. The van der Waals surface area contributed by atoms with Crippen LogP contribution in [0.25, 0.3) is 0 Å². The molecule has 1 aliphatic rings. The summed E-state index contributed by atoms with van der Waals surface area (Å²) in [5.41, 5.74) is 0. The highest BCUT2D eigenvalue weighted by molar-refractivity contribution is 9.09. The quantitative estimate of drug-likeness (QED) is 0.415. The molecular weight excluding hydrogens is 172 g/mol. The van der Waals surface area contributed by atoms with Crippen molar-refractivity contribution < 1.29 is 9.53 Å². The van der Waals surface area contributed by atoms with Crippen LogP contribution in [0.4, 0.5) is 0 Å². The Labute approximate surface area is 56.3 Å². The van der Waals surface area contributed by atoms with Gasteiger partial charge in [-0.2, -0.15) is 0 Å². The highest BCUT2D eigenvalue weighted by atomic mass is 79.9. The van der Waals surface area contributed by atoms with Gasteiger partial charge in [0.25, 0.3) is 0 Å². The van der Waals surface area contributed by atoms with Crippen LogP contribution in [0.2, 0.25) is 0 Å². The minimum absolute atomic E-state index is 0.0243. The number of carbonyl (C=O) groups excluding carboxylic acids is 1. The summed E-state index contributed by atoms with van der Waals surface area (Å²) in [7, 11) is 0. The molecule has 0 spiro atoms. The Morgan fingerprint density at radius 2 is 2.50 bits per heavy atom. The molecule has 1 rings (SSSR count). The number of rotatable bonds is 0. The number of hydrogen-bond acceptors (Lipinski definition) is 2. The van der Waals surface area contributed by atoms with Crippen LogP contribution >= 0.6 is 15.9 Å². The van der Waals surface area contributed by atoms with Crippen molar-refractivity contribution in [3.8, 4) is 0 Å². The molecule has 0 aromatic carbocycles. The van der Waals surface area contributed by atoms with E-state index in [0.29, 0.717) is 6.42 Å². The molecule has 1 atom stereocenters. The molecule has 3 heteroatoms. The summed E-state index contributed by atoms with van der Waals surface area (Å²) in [4.78, 5) is 10.4. The molecule has 2 nitrogen and oxygen atoms in total. The topological polar surface area (TPSA) is 26.3 Å². The van der Waals surface area contributed by atoms with Gasteiger partial charge in [-0.05, 0) is 28.8 Å². The lowest BCUT2D eigenvalue weighted by molar-refractivity contribution is -0.148. The first kappa shape index (κ1) is 6.08. The lowest BCUT2D eigenvalue weighted by Gasteiger charge is -2.15. The second-order valence-corrected chi connectivity index (χ2v) is 2.81. The number of esters is 1. The molecule has 8 heavy (non-hydrogen) atoms. The molecule has 46 valence electrons. The number of ether oxygens (including phenoxy) is 1. The van der Waals surface area contributed by atoms with Crippen LogP contribution in [0.1, 0.15) is 19.3 Å². The third kappa shape index (κ3) is 1.47. The molecule has 0 bridgehead atoms. The summed E-state index contributed by atoms with van der Waals surface area (Å²) in [5, 5.41) is -0.0243. The predicted octanol–water partition coefficient (Wildman–Crippen LogP) is 1.43. The van der Waals surface area contributed by atoms with E-state index >= 15 is 0 Å². The van der Waals surface area contributed by atoms with Gasteiger partial charge in [0.05, 0.1) is 0 Å². The van der Waals surface area contributed by atoms with Gasteiger partial charge in [0.15, 0.2) is 5.01 Å². The molecule has 0 aromatic heterocycles. The Morgan fingerprint density at radius 1 is 1.75 bits per heavy atom. The first-order valence-electron chi connectivity index (χ1n) is 2.62. The molecule has 1 saturated heterocycles. The molecule has 0 aromatic rings. The lowest BCUT2D eigenvalue weighted by Crippen LogP contribution is -2.17. The van der Waals surface area contributed by atoms with E-state index in [0.717, 1.165) is 12.8 Å². The second-order valence-electron chi connectivity index (χ2n) is 1.79. The van der Waals surface area contributed by atoms with Crippen molar-refractivity contribution in [1.82, 2.24) is 0 Å². The summed E-state index contributed by atoms with van der Waals surface area (Å²) < 4.78 is 4.76. The van der Waals surface area contributed by atoms with E-state index in [4.69, 9.17) is 4.74 Å². The zero-order chi connectivity index (χ0) is 5.98. The van der Waals surface area contributed by atoms with Crippen LogP contribution in [-0.2, 0) is 9.53 Å². The van der Waals surface area contributed by atoms with Crippen molar-refractivity contribution in [2.45, 2.75) is 24.3 Å². The van der Waals surface area contributed by atoms with E-state index in [1.165, 1.54) is 0 Å². The fourth-order valence-corrected chi connectivity index (χ4v) is 1.20. The molecule has 1 heterocycles. The van der Waals surface area contributed by atoms with Crippen molar-refractivity contribution >= 4 is 21.9 Å². The number of hydrogen-bond donors (Lipinski definition) is 0. The zero-order valence-electron chi connectivity index (χ0n) is 4.39. The molecule has 1 aliphatic heterocycles.